The molecule has 0 aromatic heterocycles. The maximum Gasteiger partial charge on any atom is 0.242 e. The summed E-state index contributed by atoms with van der Waals surface area (Å²) in [7, 11) is -1.68. The first-order chi connectivity index (χ1) is 9.26. The highest BCUT2D eigenvalue weighted by Crippen LogP contribution is 2.40. The van der Waals surface area contributed by atoms with Gasteiger partial charge in [0.2, 0.25) is 10.0 Å². The molecule has 1 aromatic carbocycles. The molecule has 0 saturated heterocycles. The molecule has 0 unspecified atom stereocenters. The Labute approximate surface area is 129 Å². The van der Waals surface area contributed by atoms with E-state index < -0.39 is 15.6 Å². The van der Waals surface area contributed by atoms with Crippen molar-refractivity contribution in [2.24, 2.45) is 5.92 Å². The Morgan fingerprint density at radius 2 is 2.00 bits per heavy atom. The van der Waals surface area contributed by atoms with Crippen molar-refractivity contribution in [3.05, 3.63) is 28.2 Å². The lowest BCUT2D eigenvalue weighted by Gasteiger charge is -2.26. The summed E-state index contributed by atoms with van der Waals surface area (Å²) in [5.74, 6) is 0.441. The van der Waals surface area contributed by atoms with Crippen LogP contribution < -0.4 is 10.0 Å². The van der Waals surface area contributed by atoms with Crippen LogP contribution in [0.15, 0.2) is 27.6 Å². The molecule has 1 aliphatic rings. The first kappa shape index (κ1) is 15.9. The van der Waals surface area contributed by atoms with E-state index >= 15 is 0 Å². The van der Waals surface area contributed by atoms with Crippen LogP contribution in [0.25, 0.3) is 0 Å². The average Bonchev–Trinajstić information content (AvgIpc) is 3.14. The zero-order valence-corrected chi connectivity index (χ0v) is 14.4. The fourth-order valence-corrected chi connectivity index (χ4v) is 4.84. The molecule has 0 amide bonds. The third-order valence-electron chi connectivity index (χ3n) is 3.66. The van der Waals surface area contributed by atoms with Gasteiger partial charge in [0, 0.05) is 16.6 Å². The number of nitrogens with one attached hydrogen (secondary N) is 2. The Kier molecular flexibility index (Phi) is 4.59. The van der Waals surface area contributed by atoms with Crippen molar-refractivity contribution in [2.75, 3.05) is 7.05 Å². The Morgan fingerprint density at radius 3 is 2.55 bits per heavy atom. The lowest BCUT2D eigenvalue weighted by atomic mass is 10.0. The Bertz CT molecular complexity index is 595. The van der Waals surface area contributed by atoms with E-state index in [9.17, 15) is 8.42 Å². The normalized spacial score (nSPS) is 16.4. The van der Waals surface area contributed by atoms with Gasteiger partial charge in [-0.15, -0.1) is 0 Å². The number of sulfonamides is 1. The van der Waals surface area contributed by atoms with Crippen LogP contribution >= 0.6 is 15.9 Å². The van der Waals surface area contributed by atoms with Crippen molar-refractivity contribution in [1.82, 2.24) is 10.0 Å². The summed E-state index contributed by atoms with van der Waals surface area (Å²) in [6.45, 7) is 4.54. The molecule has 1 fully saturated rings. The van der Waals surface area contributed by atoms with Gasteiger partial charge in [-0.05, 0) is 73.3 Å². The predicted octanol–water partition coefficient (Wildman–Crippen LogP) is 2.64. The number of hydrogen-bond donors (Lipinski definition) is 2. The highest BCUT2D eigenvalue weighted by atomic mass is 79.9. The minimum absolute atomic E-state index is 0.305. The van der Waals surface area contributed by atoms with Crippen molar-refractivity contribution in [3.63, 3.8) is 0 Å². The standard InChI is InChI=1S/C14H21BrN2O2S/c1-14(2,11-5-6-11)17-20(18,19)13-8-10(9-16-3)4-7-12(13)15/h4,7-8,11,16-17H,5-6,9H2,1-3H3. The van der Waals surface area contributed by atoms with Crippen molar-refractivity contribution in [3.8, 4) is 0 Å². The van der Waals surface area contributed by atoms with E-state index in [0.717, 1.165) is 18.4 Å². The van der Waals surface area contributed by atoms with E-state index in [4.69, 9.17) is 0 Å². The first-order valence-electron chi connectivity index (χ1n) is 6.73. The summed E-state index contributed by atoms with van der Waals surface area (Å²) in [6, 6.07) is 5.41. The Hall–Kier alpha value is -0.430. The summed E-state index contributed by atoms with van der Waals surface area (Å²) in [5.41, 5.74) is 0.553. The van der Waals surface area contributed by atoms with Crippen LogP contribution in [0, 0.1) is 5.92 Å². The highest BCUT2D eigenvalue weighted by Gasteiger charge is 2.40. The molecule has 0 heterocycles. The summed E-state index contributed by atoms with van der Waals surface area (Å²) in [4.78, 5) is 0.305. The molecule has 2 N–H and O–H groups in total. The van der Waals surface area contributed by atoms with E-state index in [-0.39, 0.29) is 0 Å². The largest absolute Gasteiger partial charge is 0.316 e. The second-order valence-electron chi connectivity index (χ2n) is 5.90. The van der Waals surface area contributed by atoms with Gasteiger partial charge in [0.1, 0.15) is 0 Å². The molecule has 4 nitrogen and oxygen atoms in total. The summed E-state index contributed by atoms with van der Waals surface area (Å²) < 4.78 is 28.6. The zero-order valence-electron chi connectivity index (χ0n) is 12.0. The van der Waals surface area contributed by atoms with Gasteiger partial charge in [0.15, 0.2) is 0 Å². The maximum absolute atomic E-state index is 12.6. The van der Waals surface area contributed by atoms with E-state index in [2.05, 4.69) is 26.0 Å². The Balaban J connectivity index is 2.30. The number of benzene rings is 1. The van der Waals surface area contributed by atoms with Crippen molar-refractivity contribution in [1.29, 1.82) is 0 Å². The van der Waals surface area contributed by atoms with Crippen molar-refractivity contribution in [2.45, 2.75) is 43.7 Å². The molecule has 0 spiro atoms. The molecule has 6 heteroatoms. The first-order valence-corrected chi connectivity index (χ1v) is 9.01. The second-order valence-corrected chi connectivity index (χ2v) is 8.40. The number of hydrogen-bond acceptors (Lipinski definition) is 3. The molecule has 1 aromatic rings. The van der Waals surface area contributed by atoms with Crippen LogP contribution in [0.4, 0.5) is 0 Å². The molecule has 0 aliphatic heterocycles. The molecule has 1 saturated carbocycles. The minimum atomic E-state index is -3.52. The SMILES string of the molecule is CNCc1ccc(Br)c(S(=O)(=O)NC(C)(C)C2CC2)c1. The molecule has 0 atom stereocenters. The van der Waals surface area contributed by atoms with Gasteiger partial charge in [0.25, 0.3) is 0 Å². The third-order valence-corrected chi connectivity index (χ3v) is 6.33. The molecule has 2 rings (SSSR count). The van der Waals surface area contributed by atoms with Gasteiger partial charge in [0.05, 0.1) is 4.90 Å². The van der Waals surface area contributed by atoms with Crippen LogP contribution in [-0.4, -0.2) is 21.0 Å². The van der Waals surface area contributed by atoms with Gasteiger partial charge in [-0.2, -0.15) is 0 Å². The van der Waals surface area contributed by atoms with Gasteiger partial charge >= 0.3 is 0 Å². The molecule has 0 radical (unpaired) electrons. The van der Waals surface area contributed by atoms with Crippen molar-refractivity contribution >= 4 is 26.0 Å². The Morgan fingerprint density at radius 1 is 1.35 bits per heavy atom. The van der Waals surface area contributed by atoms with Gasteiger partial charge in [-0.3, -0.25) is 0 Å². The summed E-state index contributed by atoms with van der Waals surface area (Å²) in [5, 5.41) is 3.03. The quantitative estimate of drug-likeness (QED) is 0.819. The van der Waals surface area contributed by atoms with Gasteiger partial charge in [-0.25, -0.2) is 13.1 Å². The lowest BCUT2D eigenvalue weighted by molar-refractivity contribution is 0.400. The number of rotatable bonds is 6. The van der Waals surface area contributed by atoms with E-state index in [1.807, 2.05) is 27.0 Å². The zero-order chi connectivity index (χ0) is 15.0. The molecule has 1 aliphatic carbocycles. The average molecular weight is 361 g/mol. The molecule has 0 bridgehead atoms. The van der Waals surface area contributed by atoms with Crippen LogP contribution in [0.3, 0.4) is 0 Å². The third kappa shape index (κ3) is 3.61. The molecular weight excluding hydrogens is 340 g/mol. The van der Waals surface area contributed by atoms with Crippen LogP contribution in [0.5, 0.6) is 0 Å². The van der Waals surface area contributed by atoms with Crippen LogP contribution in [0.2, 0.25) is 0 Å². The lowest BCUT2D eigenvalue weighted by Crippen LogP contribution is -2.45. The number of halogens is 1. The molecular formula is C14H21BrN2O2S. The monoisotopic (exact) mass is 360 g/mol. The van der Waals surface area contributed by atoms with Gasteiger partial charge in [-0.1, -0.05) is 6.07 Å². The molecule has 20 heavy (non-hydrogen) atoms. The maximum atomic E-state index is 12.6. The van der Waals surface area contributed by atoms with E-state index in [1.165, 1.54) is 0 Å². The van der Waals surface area contributed by atoms with E-state index in [0.29, 0.717) is 21.8 Å². The predicted molar refractivity (Wildman–Crippen MR) is 84.0 cm³/mol. The fraction of sp³-hybridized carbons (Fsp3) is 0.571. The smallest absolute Gasteiger partial charge is 0.242 e. The summed E-state index contributed by atoms with van der Waals surface area (Å²) in [6.07, 6.45) is 2.19. The molecule has 112 valence electrons. The van der Waals surface area contributed by atoms with Crippen LogP contribution in [-0.2, 0) is 16.6 Å². The summed E-state index contributed by atoms with van der Waals surface area (Å²) >= 11 is 3.34. The fourth-order valence-electron chi connectivity index (χ4n) is 2.36. The second kappa shape index (κ2) is 5.75. The van der Waals surface area contributed by atoms with Crippen molar-refractivity contribution < 1.29 is 8.42 Å². The van der Waals surface area contributed by atoms with Gasteiger partial charge < -0.3 is 5.32 Å². The van der Waals surface area contributed by atoms with E-state index in [1.54, 1.807) is 12.1 Å². The topological polar surface area (TPSA) is 58.2 Å². The highest BCUT2D eigenvalue weighted by molar-refractivity contribution is 9.10. The van der Waals surface area contributed by atoms with Crippen LogP contribution in [0.1, 0.15) is 32.3 Å². The minimum Gasteiger partial charge on any atom is -0.316 e.